The molecule has 0 unspecified atom stereocenters. The Hall–Kier alpha value is -1.20. The van der Waals surface area contributed by atoms with Crippen LogP contribution in [0.4, 0.5) is 0 Å². The van der Waals surface area contributed by atoms with Crippen LogP contribution in [0.2, 0.25) is 5.15 Å². The van der Waals surface area contributed by atoms with Crippen molar-refractivity contribution in [1.82, 2.24) is 20.2 Å². The minimum Gasteiger partial charge on any atom is -0.348 e. The fourth-order valence-corrected chi connectivity index (χ4v) is 2.18. The van der Waals surface area contributed by atoms with E-state index in [-0.39, 0.29) is 11.9 Å². The standard InChI is InChI=1S/C12H17ClN4O/c1-2-17-5-3-9(4-6-17)16-12(18)10-7-15-11(13)8-14-10/h7-9H,2-6H2,1H3,(H,16,18). The molecule has 1 saturated heterocycles. The van der Waals surface area contributed by atoms with Crippen molar-refractivity contribution < 1.29 is 4.79 Å². The second-order valence-electron chi connectivity index (χ2n) is 4.41. The Bertz CT molecular complexity index is 401. The Balaban J connectivity index is 1.86. The number of nitrogens with zero attached hydrogens (tertiary/aromatic N) is 3. The van der Waals surface area contributed by atoms with Crippen molar-refractivity contribution >= 4 is 17.5 Å². The number of carbonyl (C=O) groups is 1. The number of amides is 1. The van der Waals surface area contributed by atoms with Crippen molar-refractivity contribution in [2.45, 2.75) is 25.8 Å². The summed E-state index contributed by atoms with van der Waals surface area (Å²) in [5.41, 5.74) is 0.317. The molecule has 0 radical (unpaired) electrons. The smallest absolute Gasteiger partial charge is 0.271 e. The topological polar surface area (TPSA) is 58.1 Å². The van der Waals surface area contributed by atoms with Crippen LogP contribution in [0.25, 0.3) is 0 Å². The molecular weight excluding hydrogens is 252 g/mol. The molecule has 1 aliphatic heterocycles. The molecule has 1 aromatic heterocycles. The second kappa shape index (κ2) is 6.11. The molecule has 1 N–H and O–H groups in total. The van der Waals surface area contributed by atoms with E-state index in [2.05, 4.69) is 27.1 Å². The van der Waals surface area contributed by atoms with E-state index in [0.29, 0.717) is 10.8 Å². The first-order chi connectivity index (χ1) is 8.69. The van der Waals surface area contributed by atoms with Gasteiger partial charge in [-0.3, -0.25) is 4.79 Å². The zero-order valence-corrected chi connectivity index (χ0v) is 11.2. The molecule has 0 aromatic carbocycles. The average Bonchev–Trinajstić information content (AvgIpc) is 2.40. The highest BCUT2D eigenvalue weighted by molar-refractivity contribution is 6.29. The Kier molecular flexibility index (Phi) is 4.49. The number of rotatable bonds is 3. The lowest BCUT2D eigenvalue weighted by Crippen LogP contribution is -2.44. The maximum Gasteiger partial charge on any atom is 0.271 e. The van der Waals surface area contributed by atoms with E-state index < -0.39 is 0 Å². The van der Waals surface area contributed by atoms with Crippen molar-refractivity contribution in [2.75, 3.05) is 19.6 Å². The zero-order valence-electron chi connectivity index (χ0n) is 10.4. The van der Waals surface area contributed by atoms with E-state index in [1.165, 1.54) is 12.4 Å². The first-order valence-electron chi connectivity index (χ1n) is 6.20. The maximum atomic E-state index is 11.9. The van der Waals surface area contributed by atoms with Gasteiger partial charge in [0.2, 0.25) is 0 Å². The van der Waals surface area contributed by atoms with Crippen LogP contribution in [0, 0.1) is 0 Å². The molecule has 18 heavy (non-hydrogen) atoms. The van der Waals surface area contributed by atoms with Gasteiger partial charge in [-0.1, -0.05) is 18.5 Å². The van der Waals surface area contributed by atoms with Crippen molar-refractivity contribution in [2.24, 2.45) is 0 Å². The third kappa shape index (κ3) is 3.40. The summed E-state index contributed by atoms with van der Waals surface area (Å²) >= 11 is 5.63. The van der Waals surface area contributed by atoms with Crippen molar-refractivity contribution in [1.29, 1.82) is 0 Å². The fraction of sp³-hybridized carbons (Fsp3) is 0.583. The van der Waals surface area contributed by atoms with Crippen molar-refractivity contribution in [3.8, 4) is 0 Å². The van der Waals surface area contributed by atoms with E-state index in [9.17, 15) is 4.79 Å². The normalized spacial score (nSPS) is 17.7. The van der Waals surface area contributed by atoms with Crippen LogP contribution in [-0.2, 0) is 0 Å². The zero-order chi connectivity index (χ0) is 13.0. The Morgan fingerprint density at radius 2 is 2.17 bits per heavy atom. The first-order valence-corrected chi connectivity index (χ1v) is 6.57. The first kappa shape index (κ1) is 13.2. The van der Waals surface area contributed by atoms with Crippen LogP contribution < -0.4 is 5.32 Å². The van der Waals surface area contributed by atoms with Gasteiger partial charge in [0.15, 0.2) is 0 Å². The third-order valence-corrected chi connectivity index (χ3v) is 3.42. The van der Waals surface area contributed by atoms with Crippen LogP contribution >= 0.6 is 11.6 Å². The fourth-order valence-electron chi connectivity index (χ4n) is 2.08. The molecule has 2 heterocycles. The molecule has 2 rings (SSSR count). The maximum absolute atomic E-state index is 11.9. The highest BCUT2D eigenvalue weighted by Crippen LogP contribution is 2.10. The molecule has 98 valence electrons. The molecule has 1 fully saturated rings. The number of nitrogens with one attached hydrogen (secondary N) is 1. The van der Waals surface area contributed by atoms with Crippen LogP contribution in [-0.4, -0.2) is 46.5 Å². The number of carbonyl (C=O) groups excluding carboxylic acids is 1. The highest BCUT2D eigenvalue weighted by Gasteiger charge is 2.20. The minimum atomic E-state index is -0.172. The lowest BCUT2D eigenvalue weighted by atomic mass is 10.1. The molecule has 5 nitrogen and oxygen atoms in total. The van der Waals surface area contributed by atoms with Gasteiger partial charge in [0, 0.05) is 19.1 Å². The van der Waals surface area contributed by atoms with E-state index in [0.717, 1.165) is 32.5 Å². The number of halogens is 1. The van der Waals surface area contributed by atoms with Crippen LogP contribution in [0.15, 0.2) is 12.4 Å². The van der Waals surface area contributed by atoms with Crippen LogP contribution in [0.5, 0.6) is 0 Å². The van der Waals surface area contributed by atoms with Gasteiger partial charge in [-0.15, -0.1) is 0 Å². The molecule has 6 heteroatoms. The molecule has 0 bridgehead atoms. The largest absolute Gasteiger partial charge is 0.348 e. The molecule has 1 aliphatic rings. The van der Waals surface area contributed by atoms with Crippen LogP contribution in [0.1, 0.15) is 30.3 Å². The van der Waals surface area contributed by atoms with Gasteiger partial charge in [0.05, 0.1) is 12.4 Å². The van der Waals surface area contributed by atoms with Gasteiger partial charge in [-0.05, 0) is 19.4 Å². The lowest BCUT2D eigenvalue weighted by Gasteiger charge is -2.31. The monoisotopic (exact) mass is 268 g/mol. The summed E-state index contributed by atoms with van der Waals surface area (Å²) in [5, 5.41) is 3.28. The van der Waals surface area contributed by atoms with Gasteiger partial charge in [-0.2, -0.15) is 0 Å². The number of piperidine rings is 1. The van der Waals surface area contributed by atoms with E-state index in [1.807, 2.05) is 0 Å². The second-order valence-corrected chi connectivity index (χ2v) is 4.79. The van der Waals surface area contributed by atoms with Crippen molar-refractivity contribution in [3.05, 3.63) is 23.2 Å². The average molecular weight is 269 g/mol. The van der Waals surface area contributed by atoms with E-state index >= 15 is 0 Å². The summed E-state index contributed by atoms with van der Waals surface area (Å²) in [6.45, 7) is 5.30. The number of hydrogen-bond acceptors (Lipinski definition) is 4. The Morgan fingerprint density at radius 3 is 2.72 bits per heavy atom. The molecule has 0 spiro atoms. The molecule has 0 saturated carbocycles. The van der Waals surface area contributed by atoms with Gasteiger partial charge >= 0.3 is 0 Å². The van der Waals surface area contributed by atoms with Crippen LogP contribution in [0.3, 0.4) is 0 Å². The minimum absolute atomic E-state index is 0.172. The molecule has 1 amide bonds. The number of aromatic nitrogens is 2. The van der Waals surface area contributed by atoms with Crippen molar-refractivity contribution in [3.63, 3.8) is 0 Å². The Labute approximate surface area is 112 Å². The van der Waals surface area contributed by atoms with Gasteiger partial charge in [0.25, 0.3) is 5.91 Å². The summed E-state index contributed by atoms with van der Waals surface area (Å²) in [4.78, 5) is 22.1. The van der Waals surface area contributed by atoms with Gasteiger partial charge in [0.1, 0.15) is 10.8 Å². The van der Waals surface area contributed by atoms with Gasteiger partial charge in [-0.25, -0.2) is 9.97 Å². The predicted molar refractivity (Wildman–Crippen MR) is 69.6 cm³/mol. The third-order valence-electron chi connectivity index (χ3n) is 3.22. The van der Waals surface area contributed by atoms with E-state index in [4.69, 9.17) is 11.6 Å². The molecule has 0 aliphatic carbocycles. The summed E-state index contributed by atoms with van der Waals surface area (Å²) in [6.07, 6.45) is 4.76. The quantitative estimate of drug-likeness (QED) is 0.899. The SMILES string of the molecule is CCN1CCC(NC(=O)c2cnc(Cl)cn2)CC1. The molecular formula is C12H17ClN4O. The Morgan fingerprint density at radius 1 is 1.44 bits per heavy atom. The summed E-state index contributed by atoms with van der Waals surface area (Å²) in [5.74, 6) is -0.172. The highest BCUT2D eigenvalue weighted by atomic mass is 35.5. The molecule has 1 aromatic rings. The van der Waals surface area contributed by atoms with E-state index in [1.54, 1.807) is 0 Å². The molecule has 0 atom stereocenters. The lowest BCUT2D eigenvalue weighted by molar-refractivity contribution is 0.0907. The number of hydrogen-bond donors (Lipinski definition) is 1. The summed E-state index contributed by atoms with van der Waals surface area (Å²) in [6, 6.07) is 0.234. The number of likely N-dealkylation sites (tertiary alicyclic amines) is 1. The summed E-state index contributed by atoms with van der Waals surface area (Å²) in [7, 11) is 0. The van der Waals surface area contributed by atoms with Gasteiger partial charge < -0.3 is 10.2 Å². The predicted octanol–water partition coefficient (Wildman–Crippen LogP) is 1.34. The summed E-state index contributed by atoms with van der Waals surface area (Å²) < 4.78 is 0.